The summed E-state index contributed by atoms with van der Waals surface area (Å²) < 4.78 is 5.64. The molecule has 0 saturated carbocycles. The van der Waals surface area contributed by atoms with Crippen molar-refractivity contribution in [2.75, 3.05) is 0 Å². The summed E-state index contributed by atoms with van der Waals surface area (Å²) in [5, 5.41) is 18.1. The van der Waals surface area contributed by atoms with Crippen molar-refractivity contribution in [3.8, 4) is 11.5 Å². The molecule has 0 fully saturated rings. The van der Waals surface area contributed by atoms with Crippen LogP contribution in [-0.2, 0) is 0 Å². The Labute approximate surface area is 115 Å². The first-order valence-corrected chi connectivity index (χ1v) is 5.85. The molecule has 0 aliphatic rings. The Kier molecular flexibility index (Phi) is 3.65. The molecular weight excluding hydrogens is 258 g/mol. The van der Waals surface area contributed by atoms with Gasteiger partial charge in [0.15, 0.2) is 0 Å². The van der Waals surface area contributed by atoms with Crippen LogP contribution in [0.2, 0.25) is 0 Å². The highest BCUT2D eigenvalue weighted by molar-refractivity contribution is 5.97. The number of nitro groups is 1. The summed E-state index contributed by atoms with van der Waals surface area (Å²) in [5.74, 6) is 0.803. The molecule has 0 saturated heterocycles. The van der Waals surface area contributed by atoms with Gasteiger partial charge in [-0.1, -0.05) is 6.07 Å². The molecule has 0 aliphatic carbocycles. The van der Waals surface area contributed by atoms with Crippen molar-refractivity contribution in [1.29, 1.82) is 5.41 Å². The number of nitrogen functional groups attached to an aromatic ring is 1. The third-order valence-corrected chi connectivity index (χ3v) is 2.70. The van der Waals surface area contributed by atoms with Crippen molar-refractivity contribution >= 4 is 11.5 Å². The van der Waals surface area contributed by atoms with E-state index in [1.807, 2.05) is 13.0 Å². The summed E-state index contributed by atoms with van der Waals surface area (Å²) in [6, 6.07) is 11.0. The van der Waals surface area contributed by atoms with E-state index < -0.39 is 4.92 Å². The fourth-order valence-corrected chi connectivity index (χ4v) is 1.70. The summed E-state index contributed by atoms with van der Waals surface area (Å²) in [5.41, 5.74) is 6.94. The minimum Gasteiger partial charge on any atom is -0.457 e. The fourth-order valence-electron chi connectivity index (χ4n) is 1.70. The summed E-state index contributed by atoms with van der Waals surface area (Å²) in [6.45, 7) is 1.90. The number of hydrogen-bond donors (Lipinski definition) is 2. The van der Waals surface area contributed by atoms with Crippen LogP contribution < -0.4 is 10.5 Å². The van der Waals surface area contributed by atoms with Crippen LogP contribution in [0.15, 0.2) is 42.5 Å². The summed E-state index contributed by atoms with van der Waals surface area (Å²) in [6.07, 6.45) is 0. The lowest BCUT2D eigenvalue weighted by molar-refractivity contribution is -0.384. The second-order valence-electron chi connectivity index (χ2n) is 4.27. The molecule has 2 rings (SSSR count). The number of nitro benzene ring substituents is 1. The molecule has 0 bridgehead atoms. The number of non-ortho nitro benzene ring substituents is 1. The van der Waals surface area contributed by atoms with Gasteiger partial charge in [-0.2, -0.15) is 0 Å². The Morgan fingerprint density at radius 2 is 1.90 bits per heavy atom. The van der Waals surface area contributed by atoms with E-state index >= 15 is 0 Å². The maximum atomic E-state index is 10.6. The average molecular weight is 271 g/mol. The summed E-state index contributed by atoms with van der Waals surface area (Å²) >= 11 is 0. The number of aryl methyl sites for hydroxylation is 1. The molecule has 6 nitrogen and oxygen atoms in total. The number of nitrogens with one attached hydrogen (secondary N) is 1. The van der Waals surface area contributed by atoms with E-state index in [4.69, 9.17) is 15.9 Å². The number of rotatable bonds is 4. The maximum Gasteiger partial charge on any atom is 0.269 e. The van der Waals surface area contributed by atoms with Gasteiger partial charge in [-0.05, 0) is 36.8 Å². The van der Waals surface area contributed by atoms with Crippen LogP contribution in [0, 0.1) is 22.4 Å². The Bertz CT molecular complexity index is 666. The molecule has 2 aromatic rings. The Morgan fingerprint density at radius 1 is 1.25 bits per heavy atom. The van der Waals surface area contributed by atoms with E-state index in [1.165, 1.54) is 24.3 Å². The van der Waals surface area contributed by atoms with E-state index in [1.54, 1.807) is 12.1 Å². The molecule has 0 atom stereocenters. The number of amidine groups is 1. The molecule has 3 N–H and O–H groups in total. The monoisotopic (exact) mass is 271 g/mol. The summed E-state index contributed by atoms with van der Waals surface area (Å²) in [7, 11) is 0. The van der Waals surface area contributed by atoms with Crippen molar-refractivity contribution in [3.05, 3.63) is 63.7 Å². The first-order valence-electron chi connectivity index (χ1n) is 5.85. The molecule has 0 unspecified atom stereocenters. The number of benzene rings is 2. The van der Waals surface area contributed by atoms with Crippen molar-refractivity contribution in [2.45, 2.75) is 6.92 Å². The topological polar surface area (TPSA) is 102 Å². The van der Waals surface area contributed by atoms with Gasteiger partial charge >= 0.3 is 0 Å². The smallest absolute Gasteiger partial charge is 0.269 e. The average Bonchev–Trinajstić information content (AvgIpc) is 2.39. The Morgan fingerprint density at radius 3 is 2.45 bits per heavy atom. The second-order valence-corrected chi connectivity index (χ2v) is 4.27. The molecule has 0 spiro atoms. The highest BCUT2D eigenvalue weighted by Gasteiger charge is 2.09. The minimum absolute atomic E-state index is 0.00613. The van der Waals surface area contributed by atoms with Crippen LogP contribution in [0.1, 0.15) is 11.1 Å². The van der Waals surface area contributed by atoms with Gasteiger partial charge in [-0.25, -0.2) is 0 Å². The zero-order chi connectivity index (χ0) is 14.7. The zero-order valence-corrected chi connectivity index (χ0v) is 10.8. The predicted molar refractivity (Wildman–Crippen MR) is 75.4 cm³/mol. The van der Waals surface area contributed by atoms with Gasteiger partial charge in [0.25, 0.3) is 5.69 Å². The lowest BCUT2D eigenvalue weighted by Crippen LogP contribution is -2.12. The first-order chi connectivity index (χ1) is 9.47. The molecule has 102 valence electrons. The zero-order valence-electron chi connectivity index (χ0n) is 10.8. The normalized spacial score (nSPS) is 10.1. The van der Waals surface area contributed by atoms with Gasteiger partial charge in [0.2, 0.25) is 0 Å². The second kappa shape index (κ2) is 5.40. The number of nitrogens with two attached hydrogens (primary N) is 1. The number of hydrogen-bond acceptors (Lipinski definition) is 4. The molecular formula is C14H13N3O3. The van der Waals surface area contributed by atoms with Crippen molar-refractivity contribution in [2.24, 2.45) is 5.73 Å². The molecule has 0 heterocycles. The third kappa shape index (κ3) is 2.92. The summed E-state index contributed by atoms with van der Waals surface area (Å²) in [4.78, 5) is 10.1. The molecule has 2 aromatic carbocycles. The molecule has 6 heteroatoms. The SMILES string of the molecule is Cc1ccc(C(=N)N)c(Oc2ccc([N+](=O)[O-])cc2)c1. The number of nitrogens with zero attached hydrogens (tertiary/aromatic N) is 1. The van der Waals surface area contributed by atoms with Gasteiger partial charge in [-0.3, -0.25) is 15.5 Å². The third-order valence-electron chi connectivity index (χ3n) is 2.70. The predicted octanol–water partition coefficient (Wildman–Crippen LogP) is 2.98. The number of ether oxygens (including phenoxy) is 1. The highest BCUT2D eigenvalue weighted by atomic mass is 16.6. The minimum atomic E-state index is -0.475. The fraction of sp³-hybridized carbons (Fsp3) is 0.0714. The molecule has 0 aromatic heterocycles. The standard InChI is InChI=1S/C14H13N3O3/c1-9-2-7-12(14(15)16)13(8-9)20-11-5-3-10(4-6-11)17(18)19/h2-8H,1H3,(H3,15,16). The van der Waals surface area contributed by atoms with Gasteiger partial charge < -0.3 is 10.5 Å². The molecule has 0 aliphatic heterocycles. The van der Waals surface area contributed by atoms with Crippen LogP contribution in [0.3, 0.4) is 0 Å². The van der Waals surface area contributed by atoms with E-state index in [2.05, 4.69) is 0 Å². The van der Waals surface area contributed by atoms with Gasteiger partial charge in [0.1, 0.15) is 17.3 Å². The lowest BCUT2D eigenvalue weighted by Gasteiger charge is -2.11. The van der Waals surface area contributed by atoms with E-state index in [-0.39, 0.29) is 11.5 Å². The van der Waals surface area contributed by atoms with E-state index in [0.29, 0.717) is 17.1 Å². The Balaban J connectivity index is 2.31. The van der Waals surface area contributed by atoms with Gasteiger partial charge in [0, 0.05) is 12.1 Å². The molecule has 0 radical (unpaired) electrons. The quantitative estimate of drug-likeness (QED) is 0.386. The first kappa shape index (κ1) is 13.5. The van der Waals surface area contributed by atoms with Crippen LogP contribution in [0.5, 0.6) is 11.5 Å². The Hall–Kier alpha value is -2.89. The van der Waals surface area contributed by atoms with Crippen molar-refractivity contribution in [3.63, 3.8) is 0 Å². The van der Waals surface area contributed by atoms with Gasteiger partial charge in [-0.15, -0.1) is 0 Å². The van der Waals surface area contributed by atoms with Gasteiger partial charge in [0.05, 0.1) is 10.5 Å². The van der Waals surface area contributed by atoms with Crippen molar-refractivity contribution < 1.29 is 9.66 Å². The maximum absolute atomic E-state index is 10.6. The highest BCUT2D eigenvalue weighted by Crippen LogP contribution is 2.27. The van der Waals surface area contributed by atoms with Crippen LogP contribution >= 0.6 is 0 Å². The molecule has 0 amide bonds. The van der Waals surface area contributed by atoms with E-state index in [0.717, 1.165) is 5.56 Å². The van der Waals surface area contributed by atoms with Crippen molar-refractivity contribution in [1.82, 2.24) is 0 Å². The lowest BCUT2D eigenvalue weighted by atomic mass is 10.1. The van der Waals surface area contributed by atoms with Crippen LogP contribution in [-0.4, -0.2) is 10.8 Å². The largest absolute Gasteiger partial charge is 0.457 e. The molecule has 20 heavy (non-hydrogen) atoms. The van der Waals surface area contributed by atoms with Crippen LogP contribution in [0.25, 0.3) is 0 Å². The van der Waals surface area contributed by atoms with E-state index in [9.17, 15) is 10.1 Å². The van der Waals surface area contributed by atoms with Crippen LogP contribution in [0.4, 0.5) is 5.69 Å².